The summed E-state index contributed by atoms with van der Waals surface area (Å²) in [6, 6.07) is 5.53. The van der Waals surface area contributed by atoms with E-state index in [1.807, 2.05) is 6.92 Å². The molecule has 1 heterocycles. The van der Waals surface area contributed by atoms with Gasteiger partial charge in [0.15, 0.2) is 0 Å². The van der Waals surface area contributed by atoms with E-state index in [9.17, 15) is 9.90 Å². The van der Waals surface area contributed by atoms with E-state index >= 15 is 0 Å². The highest BCUT2D eigenvalue weighted by molar-refractivity contribution is 5.70. The van der Waals surface area contributed by atoms with Gasteiger partial charge in [0, 0.05) is 12.2 Å². The summed E-state index contributed by atoms with van der Waals surface area (Å²) >= 11 is 0. The molecule has 0 amide bonds. The largest absolute Gasteiger partial charge is 0.481 e. The second kappa shape index (κ2) is 6.38. The molecule has 106 valence electrons. The van der Waals surface area contributed by atoms with Crippen molar-refractivity contribution >= 4 is 11.8 Å². The average molecular weight is 273 g/mol. The number of aromatic nitrogens is 1. The fourth-order valence-electron chi connectivity index (χ4n) is 2.84. The van der Waals surface area contributed by atoms with Gasteiger partial charge in [0.2, 0.25) is 0 Å². The van der Waals surface area contributed by atoms with Crippen LogP contribution in [0.4, 0.5) is 5.82 Å². The number of hydrogen-bond acceptors (Lipinski definition) is 4. The molecule has 0 aromatic carbocycles. The van der Waals surface area contributed by atoms with Crippen molar-refractivity contribution in [2.45, 2.75) is 32.6 Å². The zero-order chi connectivity index (χ0) is 14.5. The maximum Gasteiger partial charge on any atom is 0.306 e. The van der Waals surface area contributed by atoms with Crippen LogP contribution in [0.2, 0.25) is 0 Å². The van der Waals surface area contributed by atoms with Crippen LogP contribution < -0.4 is 5.32 Å². The summed E-state index contributed by atoms with van der Waals surface area (Å²) in [5.41, 5.74) is 1.35. The summed E-state index contributed by atoms with van der Waals surface area (Å²) in [7, 11) is 0. The van der Waals surface area contributed by atoms with Crippen LogP contribution in [0.3, 0.4) is 0 Å². The molecular weight excluding hydrogens is 254 g/mol. The van der Waals surface area contributed by atoms with Gasteiger partial charge in [-0.15, -0.1) is 0 Å². The molecule has 1 aliphatic rings. The maximum atomic E-state index is 11.2. The van der Waals surface area contributed by atoms with Crippen LogP contribution in [0.1, 0.15) is 36.9 Å². The summed E-state index contributed by atoms with van der Waals surface area (Å²) in [6.45, 7) is 2.44. The minimum atomic E-state index is -0.702. The van der Waals surface area contributed by atoms with Gasteiger partial charge < -0.3 is 10.4 Å². The first-order chi connectivity index (χ1) is 9.60. The third kappa shape index (κ3) is 3.47. The Morgan fingerprint density at radius 3 is 2.95 bits per heavy atom. The number of nitrogens with one attached hydrogen (secondary N) is 1. The third-order valence-corrected chi connectivity index (χ3v) is 3.85. The standard InChI is InChI=1S/C15H19N3O2/c1-10-6-11(8-16)7-14(18-10)17-9-12-4-2-3-5-13(12)15(19)20/h6-7,12-13H,2-5,9H2,1H3,(H,17,18)(H,19,20). The van der Waals surface area contributed by atoms with Crippen LogP contribution in [-0.2, 0) is 4.79 Å². The second-order valence-corrected chi connectivity index (χ2v) is 5.36. The highest BCUT2D eigenvalue weighted by Crippen LogP contribution is 2.30. The van der Waals surface area contributed by atoms with E-state index in [0.29, 0.717) is 17.9 Å². The number of carbonyl (C=O) groups is 1. The Hall–Kier alpha value is -2.09. The first-order valence-electron chi connectivity index (χ1n) is 6.95. The predicted octanol–water partition coefficient (Wildman–Crippen LogP) is 2.56. The Labute approximate surface area is 118 Å². The summed E-state index contributed by atoms with van der Waals surface area (Å²) in [5.74, 6) is -0.187. The van der Waals surface area contributed by atoms with Crippen molar-refractivity contribution in [1.82, 2.24) is 4.98 Å². The van der Waals surface area contributed by atoms with Crippen molar-refractivity contribution < 1.29 is 9.90 Å². The van der Waals surface area contributed by atoms with Crippen LogP contribution in [0.5, 0.6) is 0 Å². The molecule has 1 aromatic rings. The monoisotopic (exact) mass is 273 g/mol. The van der Waals surface area contributed by atoms with E-state index in [0.717, 1.165) is 31.4 Å². The quantitative estimate of drug-likeness (QED) is 0.880. The van der Waals surface area contributed by atoms with Crippen LogP contribution in [-0.4, -0.2) is 22.6 Å². The van der Waals surface area contributed by atoms with Gasteiger partial charge in [-0.1, -0.05) is 12.8 Å². The summed E-state index contributed by atoms with van der Waals surface area (Å²) in [6.07, 6.45) is 3.77. The molecule has 2 N–H and O–H groups in total. The van der Waals surface area contributed by atoms with Crippen molar-refractivity contribution in [3.05, 3.63) is 23.4 Å². The molecule has 5 nitrogen and oxygen atoms in total. The van der Waals surface area contributed by atoms with Gasteiger partial charge >= 0.3 is 5.97 Å². The molecule has 2 rings (SSSR count). The second-order valence-electron chi connectivity index (χ2n) is 5.36. The molecule has 1 aliphatic carbocycles. The number of aryl methyl sites for hydroxylation is 1. The lowest BCUT2D eigenvalue weighted by Gasteiger charge is -2.28. The Morgan fingerprint density at radius 1 is 1.50 bits per heavy atom. The Morgan fingerprint density at radius 2 is 2.25 bits per heavy atom. The molecule has 20 heavy (non-hydrogen) atoms. The van der Waals surface area contributed by atoms with Gasteiger partial charge in [-0.3, -0.25) is 4.79 Å². The number of pyridine rings is 1. The fourth-order valence-corrected chi connectivity index (χ4v) is 2.84. The lowest BCUT2D eigenvalue weighted by atomic mass is 9.79. The molecule has 1 aromatic heterocycles. The van der Waals surface area contributed by atoms with Gasteiger partial charge in [-0.2, -0.15) is 5.26 Å². The van der Waals surface area contributed by atoms with E-state index < -0.39 is 5.97 Å². The minimum absolute atomic E-state index is 0.133. The number of nitriles is 1. The molecular formula is C15H19N3O2. The van der Waals surface area contributed by atoms with Gasteiger partial charge in [0.1, 0.15) is 5.82 Å². The van der Waals surface area contributed by atoms with E-state index in [4.69, 9.17) is 5.26 Å². The summed E-state index contributed by atoms with van der Waals surface area (Å²) in [4.78, 5) is 15.6. The number of nitrogens with zero attached hydrogens (tertiary/aromatic N) is 2. The molecule has 2 unspecified atom stereocenters. The molecule has 0 spiro atoms. The third-order valence-electron chi connectivity index (χ3n) is 3.85. The topological polar surface area (TPSA) is 86.0 Å². The first-order valence-corrected chi connectivity index (χ1v) is 6.95. The lowest BCUT2D eigenvalue weighted by Crippen LogP contribution is -2.31. The minimum Gasteiger partial charge on any atom is -0.481 e. The van der Waals surface area contributed by atoms with E-state index in [2.05, 4.69) is 16.4 Å². The molecule has 2 atom stereocenters. The number of carboxylic acids is 1. The summed E-state index contributed by atoms with van der Waals surface area (Å²) < 4.78 is 0. The highest BCUT2D eigenvalue weighted by atomic mass is 16.4. The number of anilines is 1. The van der Waals surface area contributed by atoms with Crippen LogP contribution >= 0.6 is 0 Å². The van der Waals surface area contributed by atoms with Gasteiger partial charge in [-0.25, -0.2) is 4.98 Å². The molecule has 1 saturated carbocycles. The zero-order valence-electron chi connectivity index (χ0n) is 11.6. The molecule has 0 radical (unpaired) electrons. The molecule has 0 aliphatic heterocycles. The number of rotatable bonds is 4. The van der Waals surface area contributed by atoms with Crippen molar-refractivity contribution in [1.29, 1.82) is 5.26 Å². The van der Waals surface area contributed by atoms with Gasteiger partial charge in [-0.05, 0) is 37.8 Å². The van der Waals surface area contributed by atoms with Gasteiger partial charge in [0.05, 0.1) is 17.6 Å². The molecule has 5 heteroatoms. The molecule has 1 fully saturated rings. The van der Waals surface area contributed by atoms with E-state index in [-0.39, 0.29) is 11.8 Å². The maximum absolute atomic E-state index is 11.2. The summed E-state index contributed by atoms with van der Waals surface area (Å²) in [5, 5.41) is 21.4. The zero-order valence-corrected chi connectivity index (χ0v) is 11.6. The van der Waals surface area contributed by atoms with Crippen molar-refractivity contribution in [3.63, 3.8) is 0 Å². The molecule has 0 bridgehead atoms. The smallest absolute Gasteiger partial charge is 0.306 e. The first kappa shape index (κ1) is 14.3. The number of hydrogen-bond donors (Lipinski definition) is 2. The Balaban J connectivity index is 2.02. The number of carboxylic acid groups (broad SMARTS) is 1. The average Bonchev–Trinajstić information content (AvgIpc) is 2.44. The van der Waals surface area contributed by atoms with Crippen molar-refractivity contribution in [2.75, 3.05) is 11.9 Å². The molecule has 0 saturated heterocycles. The van der Waals surface area contributed by atoms with Crippen LogP contribution in [0, 0.1) is 30.1 Å². The predicted molar refractivity (Wildman–Crippen MR) is 75.3 cm³/mol. The van der Waals surface area contributed by atoms with E-state index in [1.165, 1.54) is 0 Å². The SMILES string of the molecule is Cc1cc(C#N)cc(NCC2CCCCC2C(=O)O)n1. The van der Waals surface area contributed by atoms with E-state index in [1.54, 1.807) is 12.1 Å². The fraction of sp³-hybridized carbons (Fsp3) is 0.533. The van der Waals surface area contributed by atoms with Crippen LogP contribution in [0.25, 0.3) is 0 Å². The van der Waals surface area contributed by atoms with Crippen LogP contribution in [0.15, 0.2) is 12.1 Å². The van der Waals surface area contributed by atoms with Crippen molar-refractivity contribution in [3.8, 4) is 6.07 Å². The number of aliphatic carboxylic acids is 1. The lowest BCUT2D eigenvalue weighted by molar-refractivity contribution is -0.144. The Kier molecular flexibility index (Phi) is 4.57. The van der Waals surface area contributed by atoms with Gasteiger partial charge in [0.25, 0.3) is 0 Å². The Bertz CT molecular complexity index is 536. The van der Waals surface area contributed by atoms with Crippen molar-refractivity contribution in [2.24, 2.45) is 11.8 Å². The normalized spacial score (nSPS) is 22.0. The highest BCUT2D eigenvalue weighted by Gasteiger charge is 2.30.